The number of carbonyl (C=O) groups is 2. The van der Waals surface area contributed by atoms with Gasteiger partial charge >= 0.3 is 5.97 Å². The molecule has 2 rings (SSSR count). The first-order chi connectivity index (χ1) is 11.3. The highest BCUT2D eigenvalue weighted by Gasteiger charge is 2.15. The zero-order valence-corrected chi connectivity index (χ0v) is 13.7. The zero-order valence-electron chi connectivity index (χ0n) is 13.7. The number of aryl methyl sites for hydroxylation is 2. The maximum absolute atomic E-state index is 12.1. The molecule has 9 nitrogen and oxygen atoms in total. The van der Waals surface area contributed by atoms with Crippen LogP contribution in [-0.4, -0.2) is 36.7 Å². The first kappa shape index (κ1) is 17.4. The average molecular weight is 333 g/mol. The summed E-state index contributed by atoms with van der Waals surface area (Å²) in [6.45, 7) is 5.33. The van der Waals surface area contributed by atoms with Crippen LogP contribution in [0.2, 0.25) is 0 Å². The number of carbonyl (C=O) groups excluding carboxylic acids is 1. The molecule has 0 fully saturated rings. The summed E-state index contributed by atoms with van der Waals surface area (Å²) in [6.07, 6.45) is 0.140. The van der Waals surface area contributed by atoms with Crippen LogP contribution >= 0.6 is 0 Å². The number of nitrogens with one attached hydrogen (secondary N) is 2. The summed E-state index contributed by atoms with van der Waals surface area (Å²) in [7, 11) is 0. The van der Waals surface area contributed by atoms with Gasteiger partial charge in [-0.1, -0.05) is 6.92 Å². The van der Waals surface area contributed by atoms with E-state index < -0.39 is 11.9 Å². The molecule has 0 aliphatic rings. The molecule has 0 atom stereocenters. The van der Waals surface area contributed by atoms with Crippen LogP contribution in [0.1, 0.15) is 36.7 Å². The van der Waals surface area contributed by atoms with E-state index in [9.17, 15) is 14.4 Å². The van der Waals surface area contributed by atoms with Gasteiger partial charge in [0, 0.05) is 23.7 Å². The van der Waals surface area contributed by atoms with Crippen molar-refractivity contribution in [1.82, 2.24) is 19.7 Å². The summed E-state index contributed by atoms with van der Waals surface area (Å²) in [5.74, 6) is -1.000. The van der Waals surface area contributed by atoms with Crippen molar-refractivity contribution >= 4 is 17.7 Å². The van der Waals surface area contributed by atoms with E-state index in [1.54, 1.807) is 19.9 Å². The highest BCUT2D eigenvalue weighted by Crippen LogP contribution is 2.15. The van der Waals surface area contributed by atoms with Gasteiger partial charge in [-0.2, -0.15) is 9.78 Å². The van der Waals surface area contributed by atoms with Gasteiger partial charge < -0.3 is 10.4 Å². The SMILES string of the molecule is CCc1c(C)nc(-n2nc(C)cc2NC(=O)CCC(=O)O)[nH]c1=O. The Bertz CT molecular complexity index is 837. The lowest BCUT2D eigenvalue weighted by Crippen LogP contribution is -2.22. The van der Waals surface area contributed by atoms with Crippen molar-refractivity contribution in [3.8, 4) is 5.95 Å². The number of aliphatic carboxylic acids is 1. The van der Waals surface area contributed by atoms with Crippen molar-refractivity contribution in [2.45, 2.75) is 40.0 Å². The predicted octanol–water partition coefficient (Wildman–Crippen LogP) is 0.938. The van der Waals surface area contributed by atoms with Crippen molar-refractivity contribution < 1.29 is 14.7 Å². The molecule has 0 saturated heterocycles. The van der Waals surface area contributed by atoms with E-state index in [-0.39, 0.29) is 24.3 Å². The number of H-pyrrole nitrogens is 1. The quantitative estimate of drug-likeness (QED) is 0.721. The number of carboxylic acid groups (broad SMARTS) is 1. The number of rotatable bonds is 6. The van der Waals surface area contributed by atoms with Crippen LogP contribution < -0.4 is 10.9 Å². The second-order valence-corrected chi connectivity index (χ2v) is 5.33. The molecule has 2 aromatic rings. The normalized spacial score (nSPS) is 10.6. The molecular weight excluding hydrogens is 314 g/mol. The monoisotopic (exact) mass is 333 g/mol. The third kappa shape index (κ3) is 3.86. The smallest absolute Gasteiger partial charge is 0.303 e. The molecule has 0 spiro atoms. The zero-order chi connectivity index (χ0) is 17.9. The van der Waals surface area contributed by atoms with E-state index in [0.717, 1.165) is 0 Å². The van der Waals surface area contributed by atoms with Crippen LogP contribution in [0.5, 0.6) is 0 Å². The molecule has 1 amide bonds. The van der Waals surface area contributed by atoms with Gasteiger partial charge in [-0.25, -0.2) is 4.98 Å². The Morgan fingerprint density at radius 1 is 1.33 bits per heavy atom. The average Bonchev–Trinajstić information content (AvgIpc) is 2.85. The van der Waals surface area contributed by atoms with Crippen molar-refractivity contribution in [2.75, 3.05) is 5.32 Å². The number of carboxylic acids is 1. The lowest BCUT2D eigenvalue weighted by molar-refractivity contribution is -0.138. The fourth-order valence-electron chi connectivity index (χ4n) is 2.29. The third-order valence-corrected chi connectivity index (χ3v) is 3.43. The predicted molar refractivity (Wildman–Crippen MR) is 86.3 cm³/mol. The highest BCUT2D eigenvalue weighted by molar-refractivity contribution is 5.91. The minimum atomic E-state index is -1.05. The number of anilines is 1. The molecule has 128 valence electrons. The van der Waals surface area contributed by atoms with Crippen molar-refractivity contribution in [2.24, 2.45) is 0 Å². The van der Waals surface area contributed by atoms with Crippen LogP contribution in [-0.2, 0) is 16.0 Å². The lowest BCUT2D eigenvalue weighted by Gasteiger charge is -2.09. The number of nitrogens with zero attached hydrogens (tertiary/aromatic N) is 3. The molecule has 0 radical (unpaired) electrons. The van der Waals surface area contributed by atoms with Gasteiger partial charge in [-0.3, -0.25) is 19.4 Å². The van der Waals surface area contributed by atoms with E-state index in [0.29, 0.717) is 29.2 Å². The molecule has 3 N–H and O–H groups in total. The van der Waals surface area contributed by atoms with Crippen molar-refractivity contribution in [3.63, 3.8) is 0 Å². The largest absolute Gasteiger partial charge is 0.481 e. The van der Waals surface area contributed by atoms with Gasteiger partial charge in [0.2, 0.25) is 11.9 Å². The van der Waals surface area contributed by atoms with Gasteiger partial charge in [0.25, 0.3) is 5.56 Å². The van der Waals surface area contributed by atoms with E-state index in [1.165, 1.54) is 4.68 Å². The van der Waals surface area contributed by atoms with E-state index >= 15 is 0 Å². The Morgan fingerprint density at radius 2 is 2.04 bits per heavy atom. The van der Waals surface area contributed by atoms with Crippen LogP contribution in [0.4, 0.5) is 5.82 Å². The summed E-state index contributed by atoms with van der Waals surface area (Å²) in [6, 6.07) is 1.61. The number of hydrogen-bond donors (Lipinski definition) is 3. The molecule has 24 heavy (non-hydrogen) atoms. The van der Waals surface area contributed by atoms with Gasteiger partial charge in [-0.05, 0) is 20.3 Å². The molecule has 2 heterocycles. The summed E-state index contributed by atoms with van der Waals surface area (Å²) < 4.78 is 1.32. The summed E-state index contributed by atoms with van der Waals surface area (Å²) in [5, 5.41) is 15.4. The molecular formula is C15H19N5O4. The fourth-order valence-corrected chi connectivity index (χ4v) is 2.29. The van der Waals surface area contributed by atoms with Crippen molar-refractivity contribution in [1.29, 1.82) is 0 Å². The minimum Gasteiger partial charge on any atom is -0.481 e. The molecule has 0 saturated carbocycles. The standard InChI is InChI=1S/C15H19N5O4/c1-4-10-9(3)16-15(18-14(10)24)20-11(7-8(2)19-20)17-12(21)5-6-13(22)23/h7H,4-6H2,1-3H3,(H,17,21)(H,22,23)(H,16,18,24). The van der Waals surface area contributed by atoms with Crippen LogP contribution in [0, 0.1) is 13.8 Å². The summed E-state index contributed by atoms with van der Waals surface area (Å²) >= 11 is 0. The number of aromatic nitrogens is 4. The second-order valence-electron chi connectivity index (χ2n) is 5.33. The van der Waals surface area contributed by atoms with Gasteiger partial charge in [0.1, 0.15) is 5.82 Å². The minimum absolute atomic E-state index is 0.155. The summed E-state index contributed by atoms with van der Waals surface area (Å²) in [5.41, 5.74) is 1.54. The first-order valence-electron chi connectivity index (χ1n) is 7.50. The first-order valence-corrected chi connectivity index (χ1v) is 7.50. The Kier molecular flexibility index (Phi) is 5.12. The van der Waals surface area contributed by atoms with Crippen molar-refractivity contribution in [3.05, 3.63) is 33.4 Å². The maximum atomic E-state index is 12.1. The maximum Gasteiger partial charge on any atom is 0.303 e. The molecule has 2 aromatic heterocycles. The Hall–Kier alpha value is -2.97. The van der Waals surface area contributed by atoms with Gasteiger partial charge in [0.15, 0.2) is 0 Å². The highest BCUT2D eigenvalue weighted by atomic mass is 16.4. The molecule has 0 aliphatic carbocycles. The van der Waals surface area contributed by atoms with Crippen LogP contribution in [0.3, 0.4) is 0 Å². The van der Waals surface area contributed by atoms with Crippen LogP contribution in [0.25, 0.3) is 5.95 Å². The Morgan fingerprint density at radius 3 is 2.62 bits per heavy atom. The molecule has 9 heteroatoms. The van der Waals surface area contributed by atoms with Gasteiger partial charge in [0.05, 0.1) is 12.1 Å². The number of amides is 1. The molecule has 0 unspecified atom stereocenters. The lowest BCUT2D eigenvalue weighted by atomic mass is 10.2. The van der Waals surface area contributed by atoms with E-state index in [2.05, 4.69) is 20.4 Å². The Labute approximate surface area is 137 Å². The molecule has 0 aliphatic heterocycles. The third-order valence-electron chi connectivity index (χ3n) is 3.43. The van der Waals surface area contributed by atoms with E-state index in [1.807, 2.05) is 6.92 Å². The van der Waals surface area contributed by atoms with Crippen LogP contribution in [0.15, 0.2) is 10.9 Å². The van der Waals surface area contributed by atoms with E-state index in [4.69, 9.17) is 5.11 Å². The fraction of sp³-hybridized carbons (Fsp3) is 0.400. The number of aromatic amines is 1. The summed E-state index contributed by atoms with van der Waals surface area (Å²) in [4.78, 5) is 41.4. The second kappa shape index (κ2) is 7.07. The van der Waals surface area contributed by atoms with Gasteiger partial charge in [-0.15, -0.1) is 0 Å². The topological polar surface area (TPSA) is 130 Å². The molecule has 0 aromatic carbocycles. The number of hydrogen-bond acceptors (Lipinski definition) is 5. The Balaban J connectivity index is 2.34. The molecule has 0 bridgehead atoms.